The van der Waals surface area contributed by atoms with Gasteiger partial charge in [0.2, 0.25) is 5.91 Å². The Morgan fingerprint density at radius 1 is 0.794 bits per heavy atom. The van der Waals surface area contributed by atoms with Crippen molar-refractivity contribution < 1.29 is 24.0 Å². The molecule has 0 fully saturated rings. The van der Waals surface area contributed by atoms with Gasteiger partial charge in [0.1, 0.15) is 17.3 Å². The molecule has 0 aromatic rings. The highest BCUT2D eigenvalue weighted by molar-refractivity contribution is 5.91. The average molecular weight is 480 g/mol. The number of unbranched alkanes of at least 4 members (excludes halogenated alkanes) is 6. The van der Waals surface area contributed by atoms with Crippen LogP contribution in [0.4, 0.5) is 0 Å². The topological polar surface area (TPSA) is 97.4 Å². The zero-order valence-corrected chi connectivity index (χ0v) is 22.6. The van der Waals surface area contributed by atoms with Crippen LogP contribution in [0.1, 0.15) is 131 Å². The molecule has 6 nitrogen and oxygen atoms in total. The fourth-order valence-corrected chi connectivity index (χ4v) is 3.89. The molecule has 2 atom stereocenters. The third kappa shape index (κ3) is 15.1. The van der Waals surface area contributed by atoms with Crippen LogP contribution in [0.5, 0.6) is 0 Å². The lowest BCUT2D eigenvalue weighted by Gasteiger charge is -2.20. The molecule has 34 heavy (non-hydrogen) atoms. The van der Waals surface area contributed by atoms with Crippen LogP contribution >= 0.6 is 0 Å². The predicted octanol–water partition coefficient (Wildman–Crippen LogP) is 5.93. The maximum atomic E-state index is 12.8. The third-order valence-corrected chi connectivity index (χ3v) is 6.84. The van der Waals surface area contributed by atoms with Gasteiger partial charge < -0.3 is 10.1 Å². The van der Waals surface area contributed by atoms with Crippen molar-refractivity contribution in [3.63, 3.8) is 0 Å². The first-order valence-corrected chi connectivity index (χ1v) is 13.3. The second-order valence-corrected chi connectivity index (χ2v) is 10.5. The van der Waals surface area contributed by atoms with Crippen LogP contribution in [0.3, 0.4) is 0 Å². The Balaban J connectivity index is 4.34. The monoisotopic (exact) mass is 479 g/mol. The number of carbonyl (C=O) groups excluding carboxylic acids is 5. The molecule has 0 rings (SSSR count). The Morgan fingerprint density at radius 3 is 1.94 bits per heavy atom. The van der Waals surface area contributed by atoms with Crippen LogP contribution < -0.4 is 5.32 Å². The fourth-order valence-electron chi connectivity index (χ4n) is 3.89. The molecular weight excluding hydrogens is 430 g/mol. The van der Waals surface area contributed by atoms with Gasteiger partial charge in [-0.3, -0.25) is 19.2 Å². The van der Waals surface area contributed by atoms with Crippen molar-refractivity contribution in [1.29, 1.82) is 0 Å². The smallest absolute Gasteiger partial charge is 0.224 e. The summed E-state index contributed by atoms with van der Waals surface area (Å²) in [6, 6.07) is -0.555. The van der Waals surface area contributed by atoms with Crippen LogP contribution in [-0.2, 0) is 24.0 Å². The summed E-state index contributed by atoms with van der Waals surface area (Å²) in [7, 11) is 0. The standard InChI is InChI=1S/C28H49NO5/c1-7-25(32)20-24(17-13-11-12-16-21(2)30)27(34)29-22(3)26(33)18-14-9-8-10-15-19-28(5,6)23(4)31/h22,24H,7-20H2,1-6H3,(H,29,34). The number of ketones is 4. The molecule has 0 aliphatic heterocycles. The molecular formula is C28H49NO5. The minimum atomic E-state index is -0.555. The fraction of sp³-hybridized carbons (Fsp3) is 0.821. The molecule has 0 aromatic carbocycles. The zero-order chi connectivity index (χ0) is 26.1. The summed E-state index contributed by atoms with van der Waals surface area (Å²) in [6.45, 7) is 10.7. The van der Waals surface area contributed by atoms with Gasteiger partial charge in [-0.15, -0.1) is 0 Å². The van der Waals surface area contributed by atoms with E-state index in [0.717, 1.165) is 57.8 Å². The zero-order valence-electron chi connectivity index (χ0n) is 22.6. The van der Waals surface area contributed by atoms with Crippen molar-refractivity contribution in [2.24, 2.45) is 11.3 Å². The summed E-state index contributed by atoms with van der Waals surface area (Å²) in [5.41, 5.74) is -0.252. The van der Waals surface area contributed by atoms with Gasteiger partial charge in [0, 0.05) is 37.0 Å². The molecule has 0 saturated heterocycles. The maximum absolute atomic E-state index is 12.8. The highest BCUT2D eigenvalue weighted by atomic mass is 16.2. The van der Waals surface area contributed by atoms with Crippen molar-refractivity contribution in [2.75, 3.05) is 0 Å². The van der Waals surface area contributed by atoms with Gasteiger partial charge >= 0.3 is 0 Å². The minimum absolute atomic E-state index is 0.0214. The van der Waals surface area contributed by atoms with E-state index in [-0.39, 0.29) is 40.9 Å². The molecule has 2 unspecified atom stereocenters. The summed E-state index contributed by atoms with van der Waals surface area (Å²) in [5.74, 6) is -0.174. The highest BCUT2D eigenvalue weighted by Gasteiger charge is 2.24. The third-order valence-electron chi connectivity index (χ3n) is 6.84. The van der Waals surface area contributed by atoms with Crippen molar-refractivity contribution >= 4 is 29.0 Å². The molecule has 6 heteroatoms. The van der Waals surface area contributed by atoms with E-state index in [1.165, 1.54) is 0 Å². The number of hydrogen-bond acceptors (Lipinski definition) is 5. The molecule has 0 saturated carbocycles. The molecule has 0 aliphatic carbocycles. The van der Waals surface area contributed by atoms with Gasteiger partial charge in [0.15, 0.2) is 5.78 Å². The van der Waals surface area contributed by atoms with Crippen molar-refractivity contribution in [1.82, 2.24) is 5.32 Å². The SMILES string of the molecule is CCC(=O)CC(CCCCCC(C)=O)C(=O)NC(C)C(=O)CCCCCCCC(C)(C)C(C)=O. The minimum Gasteiger partial charge on any atom is -0.346 e. The van der Waals surface area contributed by atoms with Gasteiger partial charge in [-0.25, -0.2) is 0 Å². The van der Waals surface area contributed by atoms with Gasteiger partial charge in [0.25, 0.3) is 0 Å². The first-order valence-electron chi connectivity index (χ1n) is 13.3. The number of nitrogens with one attached hydrogen (secondary N) is 1. The summed E-state index contributed by atoms with van der Waals surface area (Å²) in [5, 5.41) is 2.83. The quantitative estimate of drug-likeness (QED) is 0.206. The van der Waals surface area contributed by atoms with Gasteiger partial charge in [-0.1, -0.05) is 59.3 Å². The van der Waals surface area contributed by atoms with E-state index in [1.54, 1.807) is 27.7 Å². The van der Waals surface area contributed by atoms with E-state index in [2.05, 4.69) is 5.32 Å². The van der Waals surface area contributed by atoms with Crippen LogP contribution in [-0.4, -0.2) is 35.1 Å². The average Bonchev–Trinajstić information content (AvgIpc) is 2.76. The van der Waals surface area contributed by atoms with Crippen molar-refractivity contribution in [3.8, 4) is 0 Å². The maximum Gasteiger partial charge on any atom is 0.224 e. The summed E-state index contributed by atoms with van der Waals surface area (Å²) in [4.78, 5) is 59.8. The summed E-state index contributed by atoms with van der Waals surface area (Å²) < 4.78 is 0. The largest absolute Gasteiger partial charge is 0.346 e. The molecule has 1 amide bonds. The lowest BCUT2D eigenvalue weighted by Crippen LogP contribution is -2.42. The normalized spacial score (nSPS) is 13.2. The number of rotatable bonds is 21. The molecule has 196 valence electrons. The van der Waals surface area contributed by atoms with E-state index in [4.69, 9.17) is 0 Å². The lowest BCUT2D eigenvalue weighted by molar-refractivity contribution is -0.132. The molecule has 0 heterocycles. The Hall–Kier alpha value is -1.85. The van der Waals surface area contributed by atoms with Gasteiger partial charge in [0.05, 0.1) is 6.04 Å². The summed E-state index contributed by atoms with van der Waals surface area (Å²) >= 11 is 0. The van der Waals surface area contributed by atoms with E-state index >= 15 is 0 Å². The Bertz CT molecular complexity index is 668. The molecule has 1 N–H and O–H groups in total. The van der Waals surface area contributed by atoms with Crippen LogP contribution in [0.2, 0.25) is 0 Å². The van der Waals surface area contributed by atoms with Gasteiger partial charge in [-0.2, -0.15) is 0 Å². The Morgan fingerprint density at radius 2 is 1.35 bits per heavy atom. The molecule has 0 bridgehead atoms. The molecule has 0 spiro atoms. The predicted molar refractivity (Wildman–Crippen MR) is 137 cm³/mol. The molecule has 0 aromatic heterocycles. The van der Waals surface area contributed by atoms with Crippen molar-refractivity contribution in [2.45, 2.75) is 137 Å². The first-order chi connectivity index (χ1) is 15.9. The van der Waals surface area contributed by atoms with Gasteiger partial charge in [-0.05, 0) is 46.5 Å². The molecule has 0 aliphatic rings. The van der Waals surface area contributed by atoms with Crippen LogP contribution in [0.15, 0.2) is 0 Å². The van der Waals surface area contributed by atoms with E-state index < -0.39 is 12.0 Å². The Labute approximate surface area is 207 Å². The summed E-state index contributed by atoms with van der Waals surface area (Å²) in [6.07, 6.45) is 10.4. The Kier molecular flexibility index (Phi) is 16.6. The molecule has 0 radical (unpaired) electrons. The van der Waals surface area contributed by atoms with E-state index in [0.29, 0.717) is 25.7 Å². The van der Waals surface area contributed by atoms with E-state index in [1.807, 2.05) is 13.8 Å². The number of amides is 1. The lowest BCUT2D eigenvalue weighted by atomic mass is 9.83. The highest BCUT2D eigenvalue weighted by Crippen LogP contribution is 2.25. The van der Waals surface area contributed by atoms with Crippen LogP contribution in [0.25, 0.3) is 0 Å². The number of carbonyl (C=O) groups is 5. The van der Waals surface area contributed by atoms with Crippen molar-refractivity contribution in [3.05, 3.63) is 0 Å². The second kappa shape index (κ2) is 17.6. The number of hydrogen-bond donors (Lipinski definition) is 1. The second-order valence-electron chi connectivity index (χ2n) is 10.5. The van der Waals surface area contributed by atoms with Crippen LogP contribution in [0, 0.1) is 11.3 Å². The first kappa shape index (κ1) is 32.1. The number of Topliss-reactive ketones (excluding diaryl/α,β-unsaturated/α-hetero) is 4. The van der Waals surface area contributed by atoms with E-state index in [9.17, 15) is 24.0 Å².